The van der Waals surface area contributed by atoms with Gasteiger partial charge in [0.2, 0.25) is 0 Å². The predicted octanol–water partition coefficient (Wildman–Crippen LogP) is 3.43. The van der Waals surface area contributed by atoms with E-state index in [-0.39, 0.29) is 0 Å². The summed E-state index contributed by atoms with van der Waals surface area (Å²) in [7, 11) is 4.16. The quantitative estimate of drug-likeness (QED) is 0.895. The van der Waals surface area contributed by atoms with E-state index in [1.165, 1.54) is 56.6 Å². The Bertz CT molecular complexity index is 428. The second kappa shape index (κ2) is 6.69. The van der Waals surface area contributed by atoms with Crippen LogP contribution in [0.1, 0.15) is 32.1 Å². The van der Waals surface area contributed by atoms with E-state index in [0.717, 1.165) is 18.5 Å². The Balaban J connectivity index is 1.41. The highest BCUT2D eigenvalue weighted by atomic mass is 15.2. The summed E-state index contributed by atoms with van der Waals surface area (Å²) in [6.07, 6.45) is 7.07. The number of nitrogens with zero attached hydrogens (tertiary/aromatic N) is 2. The summed E-state index contributed by atoms with van der Waals surface area (Å²) < 4.78 is 0. The number of piperidine rings is 1. The second-order valence-electron chi connectivity index (χ2n) is 6.89. The van der Waals surface area contributed by atoms with Crippen LogP contribution in [0.15, 0.2) is 24.3 Å². The Hall–Kier alpha value is -1.22. The third kappa shape index (κ3) is 3.70. The van der Waals surface area contributed by atoms with Gasteiger partial charge in [0.1, 0.15) is 0 Å². The van der Waals surface area contributed by atoms with Gasteiger partial charge in [0.15, 0.2) is 0 Å². The molecule has 0 spiro atoms. The molecular formula is C18H29N3. The van der Waals surface area contributed by atoms with E-state index in [1.807, 2.05) is 0 Å². The molecule has 0 bridgehead atoms. The zero-order valence-corrected chi connectivity index (χ0v) is 13.5. The van der Waals surface area contributed by atoms with Crippen LogP contribution in [0.4, 0.5) is 11.4 Å². The van der Waals surface area contributed by atoms with Gasteiger partial charge in [-0.3, -0.25) is 0 Å². The van der Waals surface area contributed by atoms with Crippen LogP contribution >= 0.6 is 0 Å². The number of hydrogen-bond donors (Lipinski definition) is 1. The first-order chi connectivity index (χ1) is 10.2. The van der Waals surface area contributed by atoms with E-state index in [4.69, 9.17) is 0 Å². The van der Waals surface area contributed by atoms with E-state index in [1.54, 1.807) is 0 Å². The van der Waals surface area contributed by atoms with Gasteiger partial charge in [0, 0.05) is 38.1 Å². The first-order valence-corrected chi connectivity index (χ1v) is 8.47. The minimum Gasteiger partial charge on any atom is -0.385 e. The molecule has 116 valence electrons. The van der Waals surface area contributed by atoms with Crippen molar-refractivity contribution in [1.29, 1.82) is 0 Å². The molecule has 1 aliphatic heterocycles. The van der Waals surface area contributed by atoms with Crippen molar-refractivity contribution in [2.75, 3.05) is 43.9 Å². The number of likely N-dealkylation sites (tertiary alicyclic amines) is 1. The lowest BCUT2D eigenvalue weighted by Crippen LogP contribution is -2.45. The maximum Gasteiger partial charge on any atom is 0.0362 e. The zero-order valence-electron chi connectivity index (χ0n) is 13.5. The summed E-state index contributed by atoms with van der Waals surface area (Å²) in [5.41, 5.74) is 2.51. The Kier molecular flexibility index (Phi) is 4.69. The van der Waals surface area contributed by atoms with Crippen molar-refractivity contribution in [2.24, 2.45) is 5.92 Å². The number of rotatable bonds is 5. The molecule has 0 unspecified atom stereocenters. The lowest BCUT2D eigenvalue weighted by atomic mass is 9.88. The molecular weight excluding hydrogens is 258 g/mol. The maximum absolute atomic E-state index is 3.62. The molecule has 0 atom stereocenters. The Morgan fingerprint density at radius 3 is 2.24 bits per heavy atom. The van der Waals surface area contributed by atoms with Gasteiger partial charge in [-0.25, -0.2) is 0 Å². The van der Waals surface area contributed by atoms with Gasteiger partial charge in [0.25, 0.3) is 0 Å². The highest BCUT2D eigenvalue weighted by molar-refractivity contribution is 5.54. The van der Waals surface area contributed by atoms with Gasteiger partial charge in [-0.15, -0.1) is 0 Å². The molecule has 3 nitrogen and oxygen atoms in total. The summed E-state index contributed by atoms with van der Waals surface area (Å²) in [4.78, 5) is 4.87. The Labute approximate surface area is 129 Å². The van der Waals surface area contributed by atoms with Crippen LogP contribution in [0.3, 0.4) is 0 Å². The average molecular weight is 287 g/mol. The molecule has 21 heavy (non-hydrogen) atoms. The largest absolute Gasteiger partial charge is 0.385 e. The van der Waals surface area contributed by atoms with Crippen molar-refractivity contribution >= 4 is 11.4 Å². The molecule has 1 aromatic carbocycles. The van der Waals surface area contributed by atoms with Crippen molar-refractivity contribution < 1.29 is 0 Å². The van der Waals surface area contributed by atoms with Gasteiger partial charge in [-0.2, -0.15) is 0 Å². The molecule has 0 amide bonds. The Morgan fingerprint density at radius 2 is 1.71 bits per heavy atom. The van der Waals surface area contributed by atoms with Crippen LogP contribution < -0.4 is 10.2 Å². The number of benzene rings is 1. The van der Waals surface area contributed by atoms with E-state index >= 15 is 0 Å². The molecule has 1 N–H and O–H groups in total. The van der Waals surface area contributed by atoms with E-state index in [0.29, 0.717) is 0 Å². The van der Waals surface area contributed by atoms with Crippen LogP contribution in [-0.2, 0) is 0 Å². The van der Waals surface area contributed by atoms with Crippen molar-refractivity contribution in [3.8, 4) is 0 Å². The molecule has 1 aliphatic carbocycles. The van der Waals surface area contributed by atoms with Gasteiger partial charge in [-0.1, -0.05) is 6.42 Å². The fourth-order valence-electron chi connectivity index (χ4n) is 3.41. The zero-order chi connectivity index (χ0) is 14.7. The summed E-state index contributed by atoms with van der Waals surface area (Å²) in [6, 6.07) is 9.68. The number of hydrogen-bond acceptors (Lipinski definition) is 3. The smallest absolute Gasteiger partial charge is 0.0362 e. The van der Waals surface area contributed by atoms with Crippen LogP contribution in [0.25, 0.3) is 0 Å². The third-order valence-electron chi connectivity index (χ3n) is 5.22. The third-order valence-corrected chi connectivity index (χ3v) is 5.22. The molecule has 1 aromatic rings. The monoisotopic (exact) mass is 287 g/mol. The lowest BCUT2D eigenvalue weighted by molar-refractivity contribution is 0.0871. The second-order valence-corrected chi connectivity index (χ2v) is 6.89. The van der Waals surface area contributed by atoms with E-state index in [2.05, 4.69) is 53.5 Å². The Morgan fingerprint density at radius 1 is 1.05 bits per heavy atom. The maximum atomic E-state index is 3.62. The minimum absolute atomic E-state index is 0.842. The molecule has 1 saturated heterocycles. The summed E-state index contributed by atoms with van der Waals surface area (Å²) >= 11 is 0. The highest BCUT2D eigenvalue weighted by Gasteiger charge is 2.28. The fourth-order valence-corrected chi connectivity index (χ4v) is 3.41. The molecule has 3 rings (SSSR count). The topological polar surface area (TPSA) is 18.5 Å². The number of anilines is 2. The SMILES string of the molecule is CN(C)c1ccc(NCC2CCN(C3CCC3)CC2)cc1. The van der Waals surface area contributed by atoms with Gasteiger partial charge >= 0.3 is 0 Å². The van der Waals surface area contributed by atoms with Crippen LogP contribution in [-0.4, -0.2) is 44.7 Å². The van der Waals surface area contributed by atoms with Crippen molar-refractivity contribution in [3.63, 3.8) is 0 Å². The molecule has 1 heterocycles. The van der Waals surface area contributed by atoms with Gasteiger partial charge < -0.3 is 15.1 Å². The van der Waals surface area contributed by atoms with E-state index < -0.39 is 0 Å². The fraction of sp³-hybridized carbons (Fsp3) is 0.667. The predicted molar refractivity (Wildman–Crippen MR) is 91.2 cm³/mol. The molecule has 2 aliphatic rings. The normalized spacial score (nSPS) is 21.0. The van der Waals surface area contributed by atoms with E-state index in [9.17, 15) is 0 Å². The molecule has 0 radical (unpaired) electrons. The van der Waals surface area contributed by atoms with Gasteiger partial charge in [-0.05, 0) is 69.0 Å². The molecule has 2 fully saturated rings. The lowest BCUT2D eigenvalue weighted by Gasteiger charge is -2.41. The van der Waals surface area contributed by atoms with Crippen molar-refractivity contribution in [3.05, 3.63) is 24.3 Å². The number of nitrogens with one attached hydrogen (secondary N) is 1. The summed E-state index contributed by atoms with van der Waals surface area (Å²) in [5.74, 6) is 0.842. The standard InChI is InChI=1S/C18H29N3/c1-20(2)17-8-6-16(7-9-17)19-14-15-10-12-21(13-11-15)18-4-3-5-18/h6-9,15,18-19H,3-5,10-14H2,1-2H3. The minimum atomic E-state index is 0.842. The first-order valence-electron chi connectivity index (χ1n) is 8.47. The summed E-state index contributed by atoms with van der Waals surface area (Å²) in [5, 5.41) is 3.62. The van der Waals surface area contributed by atoms with Crippen molar-refractivity contribution in [1.82, 2.24) is 4.90 Å². The molecule has 0 aromatic heterocycles. The van der Waals surface area contributed by atoms with Crippen LogP contribution in [0, 0.1) is 5.92 Å². The van der Waals surface area contributed by atoms with Crippen LogP contribution in [0.5, 0.6) is 0 Å². The summed E-state index contributed by atoms with van der Waals surface area (Å²) in [6.45, 7) is 3.76. The van der Waals surface area contributed by atoms with Crippen molar-refractivity contribution in [2.45, 2.75) is 38.1 Å². The van der Waals surface area contributed by atoms with Crippen LogP contribution in [0.2, 0.25) is 0 Å². The molecule has 3 heteroatoms. The average Bonchev–Trinajstić information content (AvgIpc) is 2.45. The first kappa shape index (κ1) is 14.7. The van der Waals surface area contributed by atoms with Gasteiger partial charge in [0.05, 0.1) is 0 Å². The molecule has 1 saturated carbocycles. The highest BCUT2D eigenvalue weighted by Crippen LogP contribution is 2.29.